The first-order chi connectivity index (χ1) is 16.1. The summed E-state index contributed by atoms with van der Waals surface area (Å²) in [5.74, 6) is 2.16. The Bertz CT molecular complexity index is 1150. The van der Waals surface area contributed by atoms with Crippen LogP contribution in [-0.2, 0) is 4.74 Å². The largest absolute Gasteiger partial charge is 0.496 e. The van der Waals surface area contributed by atoms with Gasteiger partial charge in [0.05, 0.1) is 37.8 Å². The van der Waals surface area contributed by atoms with Crippen LogP contribution in [0.25, 0.3) is 16.9 Å². The van der Waals surface area contributed by atoms with Crippen molar-refractivity contribution in [1.82, 2.24) is 14.3 Å². The second-order valence-corrected chi connectivity index (χ2v) is 8.98. The molecular weight excluding hydrogens is 418 g/mol. The van der Waals surface area contributed by atoms with Crippen LogP contribution in [0.15, 0.2) is 36.7 Å². The van der Waals surface area contributed by atoms with Crippen molar-refractivity contribution in [2.75, 3.05) is 46.6 Å². The predicted octanol–water partition coefficient (Wildman–Crippen LogP) is 4.01. The van der Waals surface area contributed by atoms with Gasteiger partial charge in [-0.25, -0.2) is 4.98 Å². The molecule has 2 aromatic heterocycles. The van der Waals surface area contributed by atoms with Crippen molar-refractivity contribution in [3.63, 3.8) is 0 Å². The fraction of sp³-hybridized carbons (Fsp3) is 0.462. The van der Waals surface area contributed by atoms with Crippen molar-refractivity contribution < 1.29 is 19.0 Å². The summed E-state index contributed by atoms with van der Waals surface area (Å²) in [5.41, 5.74) is 4.39. The highest BCUT2D eigenvalue weighted by molar-refractivity contribution is 6.01. The average molecular weight is 450 g/mol. The van der Waals surface area contributed by atoms with E-state index in [1.165, 1.54) is 0 Å². The van der Waals surface area contributed by atoms with Gasteiger partial charge in [-0.1, -0.05) is 0 Å². The molecule has 0 bridgehead atoms. The smallest absolute Gasteiger partial charge is 0.167 e. The van der Waals surface area contributed by atoms with Crippen molar-refractivity contribution in [2.45, 2.75) is 26.2 Å². The van der Waals surface area contributed by atoms with E-state index in [4.69, 9.17) is 14.2 Å². The van der Waals surface area contributed by atoms with Crippen LogP contribution in [-0.4, -0.2) is 66.6 Å². The van der Waals surface area contributed by atoms with E-state index in [2.05, 4.69) is 16.0 Å². The molecule has 3 aromatic rings. The monoisotopic (exact) mass is 449 g/mol. The van der Waals surface area contributed by atoms with Crippen molar-refractivity contribution in [1.29, 1.82) is 0 Å². The second kappa shape index (κ2) is 9.53. The van der Waals surface area contributed by atoms with Crippen LogP contribution in [0.2, 0.25) is 0 Å². The Morgan fingerprint density at radius 2 is 2.03 bits per heavy atom. The summed E-state index contributed by atoms with van der Waals surface area (Å²) in [6.07, 6.45) is 6.76. The molecule has 0 N–H and O–H groups in total. The fourth-order valence-electron chi connectivity index (χ4n) is 4.49. The summed E-state index contributed by atoms with van der Waals surface area (Å²) in [6, 6.07) is 7.93. The van der Waals surface area contributed by atoms with E-state index in [0.29, 0.717) is 30.3 Å². The molecule has 7 nitrogen and oxygen atoms in total. The highest BCUT2D eigenvalue weighted by Crippen LogP contribution is 2.37. The Balaban J connectivity index is 1.34. The van der Waals surface area contributed by atoms with Crippen LogP contribution in [0.3, 0.4) is 0 Å². The Morgan fingerprint density at radius 1 is 1.21 bits per heavy atom. The number of aromatic nitrogens is 2. The summed E-state index contributed by atoms with van der Waals surface area (Å²) in [7, 11) is 1.63. The number of benzene rings is 1. The topological polar surface area (TPSA) is 65.3 Å². The maximum atomic E-state index is 12.8. The molecule has 7 heteroatoms. The quantitative estimate of drug-likeness (QED) is 0.460. The van der Waals surface area contributed by atoms with Crippen LogP contribution in [0, 0.1) is 12.8 Å². The molecule has 1 saturated carbocycles. The van der Waals surface area contributed by atoms with Crippen LogP contribution in [0.1, 0.15) is 35.2 Å². The zero-order chi connectivity index (χ0) is 22.8. The summed E-state index contributed by atoms with van der Waals surface area (Å²) < 4.78 is 19.0. The number of carbonyl (C=O) groups excluding carboxylic acids is 1. The maximum Gasteiger partial charge on any atom is 0.167 e. The number of Topliss-reactive ketones (excluding diaryl/α,β-unsaturated/α-hetero) is 1. The first kappa shape index (κ1) is 21.9. The summed E-state index contributed by atoms with van der Waals surface area (Å²) in [4.78, 5) is 19.8. The van der Waals surface area contributed by atoms with Gasteiger partial charge in [0.25, 0.3) is 0 Å². The number of hydrogen-bond acceptors (Lipinski definition) is 6. The molecule has 1 aromatic carbocycles. The number of hydrogen-bond donors (Lipinski definition) is 0. The minimum absolute atomic E-state index is 0.176. The van der Waals surface area contributed by atoms with Crippen molar-refractivity contribution in [3.8, 4) is 22.8 Å². The summed E-state index contributed by atoms with van der Waals surface area (Å²) in [6.45, 7) is 7.01. The molecule has 3 heterocycles. The zero-order valence-corrected chi connectivity index (χ0v) is 19.4. The lowest BCUT2D eigenvalue weighted by atomic mass is 9.96. The Morgan fingerprint density at radius 3 is 2.79 bits per heavy atom. The molecule has 0 amide bonds. The molecule has 0 unspecified atom stereocenters. The van der Waals surface area contributed by atoms with Gasteiger partial charge in [0.1, 0.15) is 23.8 Å². The lowest BCUT2D eigenvalue weighted by molar-refractivity contribution is 0.0322. The molecular formula is C26H31N3O4. The maximum absolute atomic E-state index is 12.8. The highest BCUT2D eigenvalue weighted by atomic mass is 16.5. The molecule has 1 saturated heterocycles. The molecule has 0 radical (unpaired) electrons. The van der Waals surface area contributed by atoms with Gasteiger partial charge in [-0.3, -0.25) is 14.1 Å². The van der Waals surface area contributed by atoms with Crippen molar-refractivity contribution in [3.05, 3.63) is 47.8 Å². The van der Waals surface area contributed by atoms with Crippen LogP contribution in [0.4, 0.5) is 0 Å². The van der Waals surface area contributed by atoms with Crippen molar-refractivity contribution in [2.24, 2.45) is 5.92 Å². The third-order valence-electron chi connectivity index (χ3n) is 6.53. The number of aryl methyl sites for hydroxylation is 1. The van der Waals surface area contributed by atoms with E-state index in [1.54, 1.807) is 7.11 Å². The molecule has 33 heavy (non-hydrogen) atoms. The molecule has 0 atom stereocenters. The van der Waals surface area contributed by atoms with E-state index in [1.807, 2.05) is 41.9 Å². The molecule has 2 fully saturated rings. The Labute approximate surface area is 194 Å². The van der Waals surface area contributed by atoms with E-state index in [9.17, 15) is 4.79 Å². The number of fused-ring (bicyclic) bond motifs is 1. The highest BCUT2D eigenvalue weighted by Gasteiger charge is 2.27. The van der Waals surface area contributed by atoms with Crippen LogP contribution < -0.4 is 9.47 Å². The molecule has 174 valence electrons. The first-order valence-electron chi connectivity index (χ1n) is 11.7. The SMILES string of the molecule is COc1cc(-c2cnc3cc(OCCN4CCOCC4)ccn23)cc(C)c1C(=O)CC1CC1. The molecule has 2 aliphatic rings. The number of ether oxygens (including phenoxy) is 3. The number of methoxy groups -OCH3 is 1. The first-order valence-corrected chi connectivity index (χ1v) is 11.7. The predicted molar refractivity (Wildman–Crippen MR) is 126 cm³/mol. The molecule has 1 aliphatic carbocycles. The van der Waals surface area contributed by atoms with Gasteiger partial charge in [0.2, 0.25) is 0 Å². The third-order valence-corrected chi connectivity index (χ3v) is 6.53. The van der Waals surface area contributed by atoms with Gasteiger partial charge in [0.15, 0.2) is 5.78 Å². The van der Waals surface area contributed by atoms with E-state index < -0.39 is 0 Å². The molecule has 5 rings (SSSR count). The number of imidazole rings is 1. The van der Waals surface area contributed by atoms with Gasteiger partial charge in [0, 0.05) is 43.9 Å². The lowest BCUT2D eigenvalue weighted by Gasteiger charge is -2.26. The Kier molecular flexibility index (Phi) is 6.33. The van der Waals surface area contributed by atoms with Gasteiger partial charge in [-0.15, -0.1) is 0 Å². The minimum Gasteiger partial charge on any atom is -0.496 e. The van der Waals surface area contributed by atoms with E-state index in [-0.39, 0.29) is 5.78 Å². The lowest BCUT2D eigenvalue weighted by Crippen LogP contribution is -2.38. The number of ketones is 1. The Hall–Kier alpha value is -2.90. The second-order valence-electron chi connectivity index (χ2n) is 8.98. The number of carbonyl (C=O) groups is 1. The van der Waals surface area contributed by atoms with Gasteiger partial charge in [-0.2, -0.15) is 0 Å². The number of morpholine rings is 1. The average Bonchev–Trinajstić information content (AvgIpc) is 3.54. The summed E-state index contributed by atoms with van der Waals surface area (Å²) >= 11 is 0. The zero-order valence-electron chi connectivity index (χ0n) is 19.4. The number of pyridine rings is 1. The number of rotatable bonds is 9. The van der Waals surface area contributed by atoms with Gasteiger partial charge >= 0.3 is 0 Å². The fourth-order valence-corrected chi connectivity index (χ4v) is 4.49. The van der Waals surface area contributed by atoms with Crippen molar-refractivity contribution >= 4 is 11.4 Å². The van der Waals surface area contributed by atoms with Crippen LogP contribution in [0.5, 0.6) is 11.5 Å². The normalized spacial score (nSPS) is 16.8. The van der Waals surface area contributed by atoms with Gasteiger partial charge in [-0.05, 0) is 49.4 Å². The van der Waals surface area contributed by atoms with Crippen LogP contribution >= 0.6 is 0 Å². The van der Waals surface area contributed by atoms with Gasteiger partial charge < -0.3 is 14.2 Å². The minimum atomic E-state index is 0.176. The molecule has 1 aliphatic heterocycles. The third kappa shape index (κ3) is 4.89. The standard InChI is InChI=1S/C26H31N3O4/c1-18-13-20(15-24(31-2)26(18)23(30)14-19-3-4-19)22-17-27-25-16-21(5-6-29(22)25)33-12-9-28-7-10-32-11-8-28/h5-6,13,15-17,19H,3-4,7-12,14H2,1-2H3. The van der Waals surface area contributed by atoms with E-state index in [0.717, 1.165) is 73.9 Å². The summed E-state index contributed by atoms with van der Waals surface area (Å²) in [5, 5.41) is 0. The number of nitrogens with zero attached hydrogens (tertiary/aromatic N) is 3. The molecule has 0 spiro atoms. The van der Waals surface area contributed by atoms with E-state index >= 15 is 0 Å².